The third kappa shape index (κ3) is 5.34. The highest BCUT2D eigenvalue weighted by molar-refractivity contribution is 6.44. The van der Waals surface area contributed by atoms with Crippen LogP contribution in [0.5, 0.6) is 5.75 Å². The van der Waals surface area contributed by atoms with Gasteiger partial charge in [-0.2, -0.15) is 0 Å². The van der Waals surface area contributed by atoms with Crippen LogP contribution in [0.15, 0.2) is 36.4 Å². The third-order valence-corrected chi connectivity index (χ3v) is 6.16. The van der Waals surface area contributed by atoms with Crippen molar-refractivity contribution < 1.29 is 13.9 Å². The summed E-state index contributed by atoms with van der Waals surface area (Å²) >= 11 is 18.2. The van der Waals surface area contributed by atoms with E-state index in [-0.39, 0.29) is 41.2 Å². The van der Waals surface area contributed by atoms with Crippen LogP contribution in [-0.4, -0.2) is 47.5 Å². The number of benzene rings is 2. The van der Waals surface area contributed by atoms with Crippen LogP contribution in [0, 0.1) is 5.82 Å². The highest BCUT2D eigenvalue weighted by Gasteiger charge is 2.32. The van der Waals surface area contributed by atoms with E-state index in [1.54, 1.807) is 29.2 Å². The summed E-state index contributed by atoms with van der Waals surface area (Å²) in [5.41, 5.74) is 1.04. The van der Waals surface area contributed by atoms with Gasteiger partial charge >= 0.3 is 0 Å². The van der Waals surface area contributed by atoms with Gasteiger partial charge in [-0.15, -0.1) is 0 Å². The molecule has 1 aliphatic heterocycles. The molecule has 0 bridgehead atoms. The molecule has 2 aromatic rings. The molecule has 8 heteroatoms. The maximum absolute atomic E-state index is 13.1. The molecule has 1 saturated heterocycles. The summed E-state index contributed by atoms with van der Waals surface area (Å²) in [7, 11) is 0. The summed E-state index contributed by atoms with van der Waals surface area (Å²) in [5.74, 6) is -0.173. The second kappa shape index (κ2) is 9.52. The molecule has 0 radical (unpaired) electrons. The molecule has 1 fully saturated rings. The summed E-state index contributed by atoms with van der Waals surface area (Å²) in [4.78, 5) is 16.8. The van der Waals surface area contributed by atoms with Gasteiger partial charge in [0.1, 0.15) is 10.8 Å². The molecule has 3 rings (SSSR count). The highest BCUT2D eigenvalue weighted by Crippen LogP contribution is 2.38. The molecule has 0 N–H and O–H groups in total. The first-order valence-corrected chi connectivity index (χ1v) is 10.4. The van der Waals surface area contributed by atoms with Crippen molar-refractivity contribution in [2.75, 3.05) is 19.7 Å². The number of hydrogen-bond donors (Lipinski definition) is 0. The molecule has 1 aliphatic rings. The van der Waals surface area contributed by atoms with Crippen LogP contribution in [0.4, 0.5) is 4.39 Å². The van der Waals surface area contributed by atoms with Crippen molar-refractivity contribution in [3.05, 3.63) is 62.8 Å². The maximum atomic E-state index is 13.1. The van der Waals surface area contributed by atoms with E-state index in [2.05, 4.69) is 11.8 Å². The molecule has 2 aromatic carbocycles. The molecule has 4 nitrogen and oxygen atoms in total. The van der Waals surface area contributed by atoms with Gasteiger partial charge in [0, 0.05) is 31.7 Å². The summed E-state index contributed by atoms with van der Waals surface area (Å²) in [5, 5.41) is 0.810. The normalized spacial score (nSPS) is 20.0. The van der Waals surface area contributed by atoms with E-state index in [1.165, 1.54) is 12.1 Å². The Bertz CT molecular complexity index is 879. The largest absolute Gasteiger partial charge is 0.481 e. The standard InChI is InChI=1S/C21H22Cl3FN2O2/c1-13-10-27(14(2)9-26(13)11-15-3-5-16(25)6-4-15)19(28)12-29-21-18(23)8-7-17(22)20(21)24/h3-8,13-14H,9-12H2,1-2H3/t13-,14+/m1/s1. The van der Waals surface area contributed by atoms with Gasteiger partial charge in [0.15, 0.2) is 12.4 Å². The minimum absolute atomic E-state index is 0.00746. The topological polar surface area (TPSA) is 32.8 Å². The molecule has 1 amide bonds. The lowest BCUT2D eigenvalue weighted by atomic mass is 10.1. The Morgan fingerprint density at radius 2 is 1.69 bits per heavy atom. The molecule has 29 heavy (non-hydrogen) atoms. The Labute approximate surface area is 185 Å². The van der Waals surface area contributed by atoms with Crippen LogP contribution >= 0.6 is 34.8 Å². The number of ether oxygens (including phenoxy) is 1. The molecule has 0 saturated carbocycles. The van der Waals surface area contributed by atoms with Crippen molar-refractivity contribution in [3.8, 4) is 5.75 Å². The van der Waals surface area contributed by atoms with Crippen LogP contribution in [0.3, 0.4) is 0 Å². The number of carbonyl (C=O) groups excluding carboxylic acids is 1. The van der Waals surface area contributed by atoms with Crippen molar-refractivity contribution in [1.82, 2.24) is 9.80 Å². The number of nitrogens with zero attached hydrogens (tertiary/aromatic N) is 2. The number of rotatable bonds is 5. The highest BCUT2D eigenvalue weighted by atomic mass is 35.5. The Morgan fingerprint density at radius 1 is 1.03 bits per heavy atom. The second-order valence-electron chi connectivity index (χ2n) is 7.26. The molecule has 0 aliphatic carbocycles. The van der Waals surface area contributed by atoms with Gasteiger partial charge in [0.25, 0.3) is 5.91 Å². The van der Waals surface area contributed by atoms with Crippen LogP contribution in [-0.2, 0) is 11.3 Å². The first-order chi connectivity index (χ1) is 13.8. The van der Waals surface area contributed by atoms with E-state index >= 15 is 0 Å². The zero-order valence-corrected chi connectivity index (χ0v) is 18.4. The number of hydrogen-bond acceptors (Lipinski definition) is 3. The lowest BCUT2D eigenvalue weighted by molar-refractivity contribution is -0.139. The van der Waals surface area contributed by atoms with Crippen molar-refractivity contribution in [3.63, 3.8) is 0 Å². The van der Waals surface area contributed by atoms with Gasteiger partial charge in [0.05, 0.1) is 10.0 Å². The Balaban J connectivity index is 1.60. The number of carbonyl (C=O) groups is 1. The lowest BCUT2D eigenvalue weighted by Crippen LogP contribution is -2.58. The summed E-state index contributed by atoms with van der Waals surface area (Å²) < 4.78 is 18.7. The first kappa shape index (κ1) is 22.2. The van der Waals surface area contributed by atoms with Crippen molar-refractivity contribution in [2.45, 2.75) is 32.5 Å². The Kier molecular flexibility index (Phi) is 7.28. The molecule has 0 spiro atoms. The molecule has 0 aromatic heterocycles. The lowest BCUT2D eigenvalue weighted by Gasteiger charge is -2.44. The van der Waals surface area contributed by atoms with E-state index in [0.717, 1.165) is 5.56 Å². The zero-order valence-electron chi connectivity index (χ0n) is 16.2. The van der Waals surface area contributed by atoms with Crippen molar-refractivity contribution >= 4 is 40.7 Å². The Hall–Kier alpha value is -1.53. The quantitative estimate of drug-likeness (QED) is 0.570. The van der Waals surface area contributed by atoms with Gasteiger partial charge in [0.2, 0.25) is 0 Å². The molecule has 0 unspecified atom stereocenters. The van der Waals surface area contributed by atoms with Crippen LogP contribution in [0.1, 0.15) is 19.4 Å². The second-order valence-corrected chi connectivity index (χ2v) is 8.45. The van der Waals surface area contributed by atoms with E-state index < -0.39 is 0 Å². The van der Waals surface area contributed by atoms with Crippen molar-refractivity contribution in [1.29, 1.82) is 0 Å². The zero-order chi connectivity index (χ0) is 21.1. The molecular formula is C21H22Cl3FN2O2. The average Bonchev–Trinajstić information content (AvgIpc) is 2.69. The SMILES string of the molecule is C[C@@H]1CN(C(=O)COc2c(Cl)ccc(Cl)c2Cl)[C@@H](C)CN1Cc1ccc(F)cc1. The van der Waals surface area contributed by atoms with E-state index in [4.69, 9.17) is 39.5 Å². The van der Waals surface area contributed by atoms with Gasteiger partial charge < -0.3 is 9.64 Å². The van der Waals surface area contributed by atoms with Crippen LogP contribution < -0.4 is 4.74 Å². The third-order valence-electron chi connectivity index (χ3n) is 5.08. The molecular weight excluding hydrogens is 438 g/mol. The minimum Gasteiger partial charge on any atom is -0.481 e. The number of piperazine rings is 1. The van der Waals surface area contributed by atoms with Gasteiger partial charge in [-0.1, -0.05) is 46.9 Å². The molecule has 1 heterocycles. The fourth-order valence-corrected chi connectivity index (χ4v) is 4.08. The van der Waals surface area contributed by atoms with E-state index in [1.807, 2.05) is 6.92 Å². The average molecular weight is 460 g/mol. The van der Waals surface area contributed by atoms with E-state index in [0.29, 0.717) is 29.7 Å². The van der Waals surface area contributed by atoms with Crippen molar-refractivity contribution in [2.24, 2.45) is 0 Å². The minimum atomic E-state index is -0.245. The monoisotopic (exact) mass is 458 g/mol. The fourth-order valence-electron chi connectivity index (χ4n) is 3.45. The Morgan fingerprint density at radius 3 is 2.38 bits per heavy atom. The molecule has 2 atom stereocenters. The predicted molar refractivity (Wildman–Crippen MR) is 114 cm³/mol. The van der Waals surface area contributed by atoms with Gasteiger partial charge in [-0.25, -0.2) is 4.39 Å². The van der Waals surface area contributed by atoms with Gasteiger partial charge in [-0.05, 0) is 43.7 Å². The summed E-state index contributed by atoms with van der Waals surface area (Å²) in [6, 6.07) is 9.82. The van der Waals surface area contributed by atoms with Gasteiger partial charge in [-0.3, -0.25) is 9.69 Å². The van der Waals surface area contributed by atoms with Crippen LogP contribution in [0.2, 0.25) is 15.1 Å². The smallest absolute Gasteiger partial charge is 0.260 e. The predicted octanol–water partition coefficient (Wildman–Crippen LogP) is 5.29. The number of halogens is 4. The fraction of sp³-hybridized carbons (Fsp3) is 0.381. The van der Waals surface area contributed by atoms with Crippen LogP contribution in [0.25, 0.3) is 0 Å². The molecule has 156 valence electrons. The summed E-state index contributed by atoms with van der Waals surface area (Å²) in [6.07, 6.45) is 0. The maximum Gasteiger partial charge on any atom is 0.260 e. The summed E-state index contributed by atoms with van der Waals surface area (Å²) in [6.45, 7) is 5.89. The van der Waals surface area contributed by atoms with E-state index in [9.17, 15) is 9.18 Å². The first-order valence-electron chi connectivity index (χ1n) is 9.30. The number of amides is 1.